The fraction of sp³-hybridized carbons (Fsp3) is 0.333. The lowest BCUT2D eigenvalue weighted by Gasteiger charge is -2.16. The van der Waals surface area contributed by atoms with Crippen LogP contribution in [0.25, 0.3) is 0 Å². The van der Waals surface area contributed by atoms with Gasteiger partial charge in [-0.15, -0.1) is 0 Å². The molecule has 4 nitrogen and oxygen atoms in total. The summed E-state index contributed by atoms with van der Waals surface area (Å²) in [6.07, 6.45) is 0.489. The molecule has 1 unspecified atom stereocenters. The molecule has 4 heteroatoms. The quantitative estimate of drug-likeness (QED) is 0.802. The number of carbonyl (C=O) groups excluding carboxylic acids is 1. The van der Waals surface area contributed by atoms with Gasteiger partial charge in [0.05, 0.1) is 17.7 Å². The summed E-state index contributed by atoms with van der Waals surface area (Å²) in [5.74, 6) is -0.0932. The molecule has 0 aliphatic carbocycles. The number of amides is 1. The van der Waals surface area contributed by atoms with E-state index in [-0.39, 0.29) is 5.91 Å². The maximum absolute atomic E-state index is 11.5. The van der Waals surface area contributed by atoms with Crippen molar-refractivity contribution in [3.8, 4) is 6.07 Å². The first-order valence-corrected chi connectivity index (χ1v) is 5.00. The average Bonchev–Trinajstić information content (AvgIpc) is 2.28. The Morgan fingerprint density at radius 2 is 2.00 bits per heavy atom. The summed E-state index contributed by atoms with van der Waals surface area (Å²) in [5, 5.41) is 8.64. The van der Waals surface area contributed by atoms with E-state index in [2.05, 4.69) is 0 Å². The molecular formula is C12H15N3O. The Balaban J connectivity index is 2.67. The minimum atomic E-state index is -0.525. The Morgan fingerprint density at radius 1 is 1.44 bits per heavy atom. The lowest BCUT2D eigenvalue weighted by Crippen LogP contribution is -2.41. The van der Waals surface area contributed by atoms with Gasteiger partial charge in [0, 0.05) is 14.1 Å². The van der Waals surface area contributed by atoms with Gasteiger partial charge in [0.2, 0.25) is 5.91 Å². The maximum atomic E-state index is 11.5. The van der Waals surface area contributed by atoms with Crippen LogP contribution < -0.4 is 5.73 Å². The van der Waals surface area contributed by atoms with Crippen molar-refractivity contribution in [1.29, 1.82) is 5.26 Å². The smallest absolute Gasteiger partial charge is 0.239 e. The van der Waals surface area contributed by atoms with Crippen molar-refractivity contribution in [2.24, 2.45) is 5.73 Å². The second kappa shape index (κ2) is 5.29. The highest BCUT2D eigenvalue weighted by atomic mass is 16.2. The number of hydrogen-bond acceptors (Lipinski definition) is 3. The van der Waals surface area contributed by atoms with Crippen LogP contribution in [0.5, 0.6) is 0 Å². The molecule has 1 amide bonds. The van der Waals surface area contributed by atoms with Crippen LogP contribution >= 0.6 is 0 Å². The number of benzene rings is 1. The molecule has 16 heavy (non-hydrogen) atoms. The Labute approximate surface area is 95.3 Å². The van der Waals surface area contributed by atoms with Crippen LogP contribution in [0.4, 0.5) is 0 Å². The predicted molar refractivity (Wildman–Crippen MR) is 61.5 cm³/mol. The van der Waals surface area contributed by atoms with Gasteiger partial charge in [-0.25, -0.2) is 0 Å². The molecule has 84 valence electrons. The molecule has 1 aromatic carbocycles. The fourth-order valence-corrected chi connectivity index (χ4v) is 1.39. The molecule has 1 atom stereocenters. The normalized spacial score (nSPS) is 11.6. The van der Waals surface area contributed by atoms with Crippen LogP contribution in [0.15, 0.2) is 24.3 Å². The Hall–Kier alpha value is -1.86. The summed E-state index contributed by atoms with van der Waals surface area (Å²) in [6.45, 7) is 0. The third kappa shape index (κ3) is 3.07. The molecule has 0 saturated carbocycles. The van der Waals surface area contributed by atoms with Crippen LogP contribution in [0.1, 0.15) is 11.1 Å². The molecule has 0 saturated heterocycles. The van der Waals surface area contributed by atoms with Crippen molar-refractivity contribution < 1.29 is 4.79 Å². The minimum absolute atomic E-state index is 0.0932. The first-order chi connectivity index (χ1) is 7.54. The molecule has 1 aromatic rings. The molecular weight excluding hydrogens is 202 g/mol. The standard InChI is InChI=1S/C12H15N3O/c1-15(2)12(16)11(14)7-9-3-5-10(8-13)6-4-9/h3-6,11H,7,14H2,1-2H3. The lowest BCUT2D eigenvalue weighted by atomic mass is 10.0. The van der Waals surface area contributed by atoms with Crippen molar-refractivity contribution in [2.45, 2.75) is 12.5 Å². The zero-order chi connectivity index (χ0) is 12.1. The van der Waals surface area contributed by atoms with Gasteiger partial charge in [0.15, 0.2) is 0 Å². The molecule has 0 aliphatic rings. The third-order valence-electron chi connectivity index (χ3n) is 2.30. The summed E-state index contributed by atoms with van der Waals surface area (Å²) in [5.41, 5.74) is 7.33. The van der Waals surface area contributed by atoms with E-state index in [9.17, 15) is 4.79 Å². The van der Waals surface area contributed by atoms with Crippen molar-refractivity contribution >= 4 is 5.91 Å². The molecule has 0 heterocycles. The number of rotatable bonds is 3. The molecule has 0 bridgehead atoms. The number of nitriles is 1. The summed E-state index contributed by atoms with van der Waals surface area (Å²) >= 11 is 0. The predicted octanol–water partition coefficient (Wildman–Crippen LogP) is 0.516. The number of likely N-dealkylation sites (N-methyl/N-ethyl adjacent to an activating group) is 1. The monoisotopic (exact) mass is 217 g/mol. The van der Waals surface area contributed by atoms with Crippen LogP contribution in [0.2, 0.25) is 0 Å². The zero-order valence-corrected chi connectivity index (χ0v) is 9.47. The topological polar surface area (TPSA) is 70.1 Å². The second-order valence-corrected chi connectivity index (χ2v) is 3.85. The van der Waals surface area contributed by atoms with Gasteiger partial charge in [-0.05, 0) is 24.1 Å². The van der Waals surface area contributed by atoms with Gasteiger partial charge in [-0.1, -0.05) is 12.1 Å². The third-order valence-corrected chi connectivity index (χ3v) is 2.30. The number of carbonyl (C=O) groups is 1. The molecule has 0 fully saturated rings. The van der Waals surface area contributed by atoms with E-state index in [0.29, 0.717) is 12.0 Å². The Bertz CT molecular complexity index is 403. The highest BCUT2D eigenvalue weighted by Gasteiger charge is 2.15. The van der Waals surface area contributed by atoms with Crippen LogP contribution in [0.3, 0.4) is 0 Å². The lowest BCUT2D eigenvalue weighted by molar-refractivity contribution is -0.130. The number of nitrogens with two attached hydrogens (primary N) is 1. The van der Waals surface area contributed by atoms with Gasteiger partial charge >= 0.3 is 0 Å². The van der Waals surface area contributed by atoms with Crippen molar-refractivity contribution in [1.82, 2.24) is 4.90 Å². The first kappa shape index (κ1) is 12.2. The zero-order valence-electron chi connectivity index (χ0n) is 9.47. The van der Waals surface area contributed by atoms with E-state index in [1.165, 1.54) is 4.90 Å². The van der Waals surface area contributed by atoms with Crippen molar-refractivity contribution in [2.75, 3.05) is 14.1 Å². The number of hydrogen-bond donors (Lipinski definition) is 1. The minimum Gasteiger partial charge on any atom is -0.347 e. The van der Waals surface area contributed by atoms with Crippen LogP contribution in [-0.4, -0.2) is 30.9 Å². The summed E-state index contributed by atoms with van der Waals surface area (Å²) < 4.78 is 0. The first-order valence-electron chi connectivity index (χ1n) is 5.00. The molecule has 0 aromatic heterocycles. The fourth-order valence-electron chi connectivity index (χ4n) is 1.39. The van der Waals surface area contributed by atoms with E-state index in [4.69, 9.17) is 11.0 Å². The molecule has 0 aliphatic heterocycles. The maximum Gasteiger partial charge on any atom is 0.239 e. The summed E-state index contributed by atoms with van der Waals surface area (Å²) in [6, 6.07) is 8.61. The Kier molecular flexibility index (Phi) is 4.03. The van der Waals surface area contributed by atoms with Gasteiger partial charge in [0.25, 0.3) is 0 Å². The Morgan fingerprint density at radius 3 is 2.44 bits per heavy atom. The average molecular weight is 217 g/mol. The van der Waals surface area contributed by atoms with Gasteiger partial charge in [0.1, 0.15) is 0 Å². The van der Waals surface area contributed by atoms with Gasteiger partial charge in [-0.2, -0.15) is 5.26 Å². The summed E-state index contributed by atoms with van der Waals surface area (Å²) in [4.78, 5) is 13.0. The second-order valence-electron chi connectivity index (χ2n) is 3.85. The van der Waals surface area contributed by atoms with E-state index < -0.39 is 6.04 Å². The van der Waals surface area contributed by atoms with E-state index >= 15 is 0 Å². The van der Waals surface area contributed by atoms with E-state index in [0.717, 1.165) is 5.56 Å². The largest absolute Gasteiger partial charge is 0.347 e. The molecule has 1 rings (SSSR count). The SMILES string of the molecule is CN(C)C(=O)C(N)Cc1ccc(C#N)cc1. The highest BCUT2D eigenvalue weighted by molar-refractivity contribution is 5.81. The highest BCUT2D eigenvalue weighted by Crippen LogP contribution is 2.06. The summed E-state index contributed by atoms with van der Waals surface area (Å²) in [7, 11) is 3.36. The van der Waals surface area contributed by atoms with Crippen LogP contribution in [-0.2, 0) is 11.2 Å². The number of nitrogens with zero attached hydrogens (tertiary/aromatic N) is 2. The van der Waals surface area contributed by atoms with Crippen molar-refractivity contribution in [3.63, 3.8) is 0 Å². The van der Waals surface area contributed by atoms with Gasteiger partial charge < -0.3 is 10.6 Å². The molecule has 0 radical (unpaired) electrons. The molecule has 2 N–H and O–H groups in total. The van der Waals surface area contributed by atoms with E-state index in [1.54, 1.807) is 26.2 Å². The van der Waals surface area contributed by atoms with Gasteiger partial charge in [-0.3, -0.25) is 4.79 Å². The van der Waals surface area contributed by atoms with Crippen LogP contribution in [0, 0.1) is 11.3 Å². The molecule has 0 spiro atoms. The van der Waals surface area contributed by atoms with Crippen molar-refractivity contribution in [3.05, 3.63) is 35.4 Å². The van der Waals surface area contributed by atoms with E-state index in [1.807, 2.05) is 18.2 Å².